The lowest BCUT2D eigenvalue weighted by Gasteiger charge is -1.98. The largest absolute Gasteiger partial charge is 0.481 e. The van der Waals surface area contributed by atoms with Crippen LogP contribution in [0.5, 0.6) is 5.88 Å². The summed E-state index contributed by atoms with van der Waals surface area (Å²) < 4.78 is 9.58. The second kappa shape index (κ2) is 4.92. The van der Waals surface area contributed by atoms with Gasteiger partial charge < -0.3 is 9.47 Å². The molecule has 0 aromatic carbocycles. The summed E-state index contributed by atoms with van der Waals surface area (Å²) >= 11 is 1.27. The van der Waals surface area contributed by atoms with E-state index in [0.29, 0.717) is 10.8 Å². The summed E-state index contributed by atoms with van der Waals surface area (Å²) in [5.41, 5.74) is 0.839. The second-order valence-electron chi connectivity index (χ2n) is 3.11. The molecule has 5 nitrogen and oxygen atoms in total. The van der Waals surface area contributed by atoms with Crippen LogP contribution in [0.15, 0.2) is 24.5 Å². The first-order chi connectivity index (χ1) is 8.24. The molecule has 0 aliphatic rings. The molecule has 2 rings (SSSR count). The van der Waals surface area contributed by atoms with E-state index >= 15 is 0 Å². The molecule has 0 bridgehead atoms. The fourth-order valence-electron chi connectivity index (χ4n) is 1.23. The summed E-state index contributed by atoms with van der Waals surface area (Å²) in [5.74, 6) is 0.161. The maximum atomic E-state index is 11.3. The van der Waals surface area contributed by atoms with Crippen LogP contribution in [0.3, 0.4) is 0 Å². The van der Waals surface area contributed by atoms with Crippen LogP contribution in [-0.2, 0) is 4.74 Å². The van der Waals surface area contributed by atoms with Crippen LogP contribution in [0.1, 0.15) is 9.67 Å². The van der Waals surface area contributed by atoms with Crippen LogP contribution in [0.25, 0.3) is 10.6 Å². The minimum Gasteiger partial charge on any atom is -0.481 e. The summed E-state index contributed by atoms with van der Waals surface area (Å²) in [6, 6.07) is 3.58. The first-order valence-corrected chi connectivity index (χ1v) is 5.61. The van der Waals surface area contributed by atoms with E-state index in [1.54, 1.807) is 19.4 Å². The minimum atomic E-state index is -0.379. The molecular formula is C11H10N2O3S. The molecule has 2 heterocycles. The lowest BCUT2D eigenvalue weighted by Crippen LogP contribution is -1.96. The van der Waals surface area contributed by atoms with Crippen LogP contribution in [0.4, 0.5) is 0 Å². The normalized spacial score (nSPS) is 10.0. The minimum absolute atomic E-state index is 0.379. The van der Waals surface area contributed by atoms with Gasteiger partial charge in [0.1, 0.15) is 9.88 Å². The van der Waals surface area contributed by atoms with E-state index in [9.17, 15) is 4.79 Å². The van der Waals surface area contributed by atoms with Crippen LogP contribution in [0, 0.1) is 0 Å². The molecule has 17 heavy (non-hydrogen) atoms. The molecule has 0 aliphatic heterocycles. The van der Waals surface area contributed by atoms with Crippen molar-refractivity contribution in [2.24, 2.45) is 0 Å². The summed E-state index contributed by atoms with van der Waals surface area (Å²) in [5, 5.41) is 0.723. The van der Waals surface area contributed by atoms with Crippen molar-refractivity contribution in [3.05, 3.63) is 29.4 Å². The van der Waals surface area contributed by atoms with Gasteiger partial charge in [-0.05, 0) is 6.07 Å². The van der Waals surface area contributed by atoms with Crippen molar-refractivity contribution < 1.29 is 14.3 Å². The highest BCUT2D eigenvalue weighted by atomic mass is 32.1. The Hall–Kier alpha value is -1.95. The van der Waals surface area contributed by atoms with Gasteiger partial charge in [-0.2, -0.15) is 0 Å². The average Bonchev–Trinajstić information content (AvgIpc) is 2.87. The van der Waals surface area contributed by atoms with Crippen molar-refractivity contribution in [1.82, 2.24) is 9.97 Å². The number of nitrogens with zero attached hydrogens (tertiary/aromatic N) is 2. The molecule has 0 fully saturated rings. The van der Waals surface area contributed by atoms with Gasteiger partial charge in [-0.3, -0.25) is 0 Å². The third kappa shape index (κ3) is 2.42. The number of thiazole rings is 1. The Bertz CT molecular complexity index is 522. The first-order valence-electron chi connectivity index (χ1n) is 4.79. The first kappa shape index (κ1) is 11.5. The van der Waals surface area contributed by atoms with Crippen molar-refractivity contribution in [2.45, 2.75) is 0 Å². The molecular weight excluding hydrogens is 240 g/mol. The number of pyridine rings is 1. The number of carbonyl (C=O) groups is 1. The molecule has 0 amide bonds. The highest BCUT2D eigenvalue weighted by Crippen LogP contribution is 2.25. The van der Waals surface area contributed by atoms with Gasteiger partial charge in [0.05, 0.1) is 20.4 Å². The van der Waals surface area contributed by atoms with E-state index in [0.717, 1.165) is 10.6 Å². The van der Waals surface area contributed by atoms with Crippen LogP contribution in [0.2, 0.25) is 0 Å². The molecule has 2 aromatic rings. The Morgan fingerprint density at radius 3 is 2.65 bits per heavy atom. The second-order valence-corrected chi connectivity index (χ2v) is 4.14. The predicted molar refractivity (Wildman–Crippen MR) is 63.2 cm³/mol. The van der Waals surface area contributed by atoms with E-state index in [1.807, 2.05) is 6.07 Å². The number of rotatable bonds is 3. The highest BCUT2D eigenvalue weighted by Gasteiger charge is 2.11. The van der Waals surface area contributed by atoms with Gasteiger partial charge in [0.2, 0.25) is 5.88 Å². The molecule has 0 N–H and O–H groups in total. The Morgan fingerprint density at radius 1 is 1.24 bits per heavy atom. The fourth-order valence-corrected chi connectivity index (χ4v) is 2.05. The molecule has 0 spiro atoms. The number of methoxy groups -OCH3 is 2. The topological polar surface area (TPSA) is 61.3 Å². The third-order valence-corrected chi connectivity index (χ3v) is 3.11. The number of esters is 1. The summed E-state index contributed by atoms with van der Waals surface area (Å²) in [7, 11) is 2.90. The molecule has 0 aliphatic carbocycles. The average molecular weight is 250 g/mol. The molecule has 0 saturated carbocycles. The molecule has 0 atom stereocenters. The smallest absolute Gasteiger partial charge is 0.349 e. The van der Waals surface area contributed by atoms with Gasteiger partial charge in [-0.1, -0.05) is 0 Å². The quantitative estimate of drug-likeness (QED) is 0.780. The fraction of sp³-hybridized carbons (Fsp3) is 0.182. The lowest BCUT2D eigenvalue weighted by atomic mass is 10.3. The van der Waals surface area contributed by atoms with E-state index in [-0.39, 0.29) is 5.97 Å². The van der Waals surface area contributed by atoms with Crippen molar-refractivity contribution >= 4 is 17.3 Å². The summed E-state index contributed by atoms with van der Waals surface area (Å²) in [4.78, 5) is 20.0. The molecule has 88 valence electrons. The Labute approximate surface area is 102 Å². The Morgan fingerprint density at radius 2 is 2.06 bits per heavy atom. The maximum Gasteiger partial charge on any atom is 0.349 e. The maximum absolute atomic E-state index is 11.3. The standard InChI is InChI=1S/C11H10N2O3S/c1-15-9-4-3-7(5-12-9)10-13-6-8(17-10)11(14)16-2/h3-6H,1-2H3. The molecule has 2 aromatic heterocycles. The molecule has 0 radical (unpaired) electrons. The number of ether oxygens (including phenoxy) is 2. The van der Waals surface area contributed by atoms with Gasteiger partial charge in [0.15, 0.2) is 0 Å². The lowest BCUT2D eigenvalue weighted by molar-refractivity contribution is 0.0606. The van der Waals surface area contributed by atoms with Crippen molar-refractivity contribution in [2.75, 3.05) is 14.2 Å². The van der Waals surface area contributed by atoms with Crippen LogP contribution in [-0.4, -0.2) is 30.2 Å². The third-order valence-electron chi connectivity index (χ3n) is 2.08. The van der Waals surface area contributed by atoms with Gasteiger partial charge >= 0.3 is 5.97 Å². The highest BCUT2D eigenvalue weighted by molar-refractivity contribution is 7.16. The Kier molecular flexibility index (Phi) is 3.34. The van der Waals surface area contributed by atoms with E-state index in [1.165, 1.54) is 24.6 Å². The number of carbonyl (C=O) groups excluding carboxylic acids is 1. The van der Waals surface area contributed by atoms with E-state index in [4.69, 9.17) is 4.74 Å². The monoisotopic (exact) mass is 250 g/mol. The number of aromatic nitrogens is 2. The zero-order valence-corrected chi connectivity index (χ0v) is 10.2. The van der Waals surface area contributed by atoms with Crippen molar-refractivity contribution in [1.29, 1.82) is 0 Å². The van der Waals surface area contributed by atoms with Gasteiger partial charge in [-0.15, -0.1) is 11.3 Å². The van der Waals surface area contributed by atoms with Gasteiger partial charge in [0, 0.05) is 17.8 Å². The molecule has 0 saturated heterocycles. The Balaban J connectivity index is 2.27. The molecule has 0 unspecified atom stereocenters. The van der Waals surface area contributed by atoms with Gasteiger partial charge in [0.25, 0.3) is 0 Å². The van der Waals surface area contributed by atoms with E-state index < -0.39 is 0 Å². The molecule has 6 heteroatoms. The SMILES string of the molecule is COC(=O)c1cnc(-c2ccc(OC)nc2)s1. The van der Waals surface area contributed by atoms with Crippen molar-refractivity contribution in [3.8, 4) is 16.5 Å². The van der Waals surface area contributed by atoms with Gasteiger partial charge in [-0.25, -0.2) is 14.8 Å². The predicted octanol–water partition coefficient (Wildman–Crippen LogP) is 2.00. The zero-order chi connectivity index (χ0) is 12.3. The zero-order valence-electron chi connectivity index (χ0n) is 9.34. The van der Waals surface area contributed by atoms with E-state index in [2.05, 4.69) is 14.7 Å². The summed E-state index contributed by atoms with van der Waals surface area (Å²) in [6.45, 7) is 0. The number of hydrogen-bond donors (Lipinski definition) is 0. The summed E-state index contributed by atoms with van der Waals surface area (Å²) in [6.07, 6.45) is 3.15. The van der Waals surface area contributed by atoms with Crippen LogP contribution >= 0.6 is 11.3 Å². The number of hydrogen-bond acceptors (Lipinski definition) is 6. The van der Waals surface area contributed by atoms with Crippen molar-refractivity contribution in [3.63, 3.8) is 0 Å². The van der Waals surface area contributed by atoms with Crippen LogP contribution < -0.4 is 4.74 Å².